The average molecular weight is 317 g/mol. The zero-order valence-electron chi connectivity index (χ0n) is 13.5. The maximum absolute atomic E-state index is 5.86. The van der Waals surface area contributed by atoms with Gasteiger partial charge >= 0.3 is 0 Å². The van der Waals surface area contributed by atoms with E-state index in [1.807, 2.05) is 24.7 Å². The maximum Gasteiger partial charge on any atom is 0.229 e. The second-order valence-electron chi connectivity index (χ2n) is 5.60. The lowest BCUT2D eigenvalue weighted by molar-refractivity contribution is 0.0662. The summed E-state index contributed by atoms with van der Waals surface area (Å²) in [6, 6.07) is 0.391. The number of hydrogen-bond donors (Lipinski definition) is 3. The van der Waals surface area contributed by atoms with E-state index < -0.39 is 0 Å². The van der Waals surface area contributed by atoms with Gasteiger partial charge in [-0.15, -0.1) is 0 Å². The Balaban J connectivity index is 1.77. The minimum Gasteiger partial charge on any atom is -0.394 e. The summed E-state index contributed by atoms with van der Waals surface area (Å²) in [6.45, 7) is 6.30. The zero-order valence-corrected chi connectivity index (χ0v) is 13.5. The van der Waals surface area contributed by atoms with Gasteiger partial charge in [-0.05, 0) is 26.7 Å². The Kier molecular flexibility index (Phi) is 4.61. The molecule has 2 aromatic heterocycles. The Bertz CT molecular complexity index is 664. The van der Waals surface area contributed by atoms with Crippen LogP contribution < -0.4 is 16.4 Å². The van der Waals surface area contributed by atoms with Crippen molar-refractivity contribution in [1.82, 2.24) is 19.7 Å². The Labute approximate surface area is 135 Å². The molecule has 124 valence electrons. The molecular weight excluding hydrogens is 294 g/mol. The molecule has 1 saturated heterocycles. The van der Waals surface area contributed by atoms with Crippen molar-refractivity contribution in [3.05, 3.63) is 18.1 Å². The highest BCUT2D eigenvalue weighted by atomic mass is 16.5. The van der Waals surface area contributed by atoms with E-state index in [0.717, 1.165) is 44.0 Å². The molecule has 0 unspecified atom stereocenters. The third-order valence-electron chi connectivity index (χ3n) is 3.89. The van der Waals surface area contributed by atoms with E-state index in [9.17, 15) is 0 Å². The van der Waals surface area contributed by atoms with Crippen molar-refractivity contribution in [2.24, 2.45) is 0 Å². The van der Waals surface area contributed by atoms with E-state index in [-0.39, 0.29) is 0 Å². The van der Waals surface area contributed by atoms with Gasteiger partial charge in [0, 0.05) is 26.0 Å². The van der Waals surface area contributed by atoms with E-state index in [4.69, 9.17) is 10.5 Å². The molecule has 0 aromatic carbocycles. The summed E-state index contributed by atoms with van der Waals surface area (Å²) in [4.78, 5) is 8.64. The minimum atomic E-state index is 0.391. The van der Waals surface area contributed by atoms with Crippen molar-refractivity contribution in [3.63, 3.8) is 0 Å². The van der Waals surface area contributed by atoms with Crippen LogP contribution in [0.5, 0.6) is 0 Å². The number of nitrogen functional groups attached to an aromatic ring is 1. The van der Waals surface area contributed by atoms with E-state index in [0.29, 0.717) is 23.5 Å². The number of aromatic nitrogens is 4. The summed E-state index contributed by atoms with van der Waals surface area (Å²) in [5.41, 5.74) is 8.22. The lowest BCUT2D eigenvalue weighted by Gasteiger charge is -2.22. The molecule has 0 saturated carbocycles. The highest BCUT2D eigenvalue weighted by molar-refractivity contribution is 5.64. The summed E-state index contributed by atoms with van der Waals surface area (Å²) in [5, 5.41) is 11.0. The Hall–Kier alpha value is -2.35. The fraction of sp³-hybridized carbons (Fsp3) is 0.533. The smallest absolute Gasteiger partial charge is 0.229 e. The predicted molar refractivity (Wildman–Crippen MR) is 89.9 cm³/mol. The topological polar surface area (TPSA) is 103 Å². The lowest BCUT2D eigenvalue weighted by atomic mass is 10.1. The van der Waals surface area contributed by atoms with E-state index >= 15 is 0 Å². The molecule has 4 N–H and O–H groups in total. The monoisotopic (exact) mass is 317 g/mol. The number of aryl methyl sites for hydroxylation is 1. The van der Waals surface area contributed by atoms with Gasteiger partial charge in [0.2, 0.25) is 5.95 Å². The van der Waals surface area contributed by atoms with E-state index in [1.54, 1.807) is 6.20 Å². The Morgan fingerprint density at radius 3 is 2.91 bits per heavy atom. The van der Waals surface area contributed by atoms with Gasteiger partial charge in [0.1, 0.15) is 0 Å². The van der Waals surface area contributed by atoms with Gasteiger partial charge < -0.3 is 21.1 Å². The molecule has 3 heterocycles. The maximum atomic E-state index is 5.86. The molecule has 1 fully saturated rings. The fourth-order valence-electron chi connectivity index (χ4n) is 2.62. The van der Waals surface area contributed by atoms with Gasteiger partial charge in [-0.25, -0.2) is 4.98 Å². The van der Waals surface area contributed by atoms with Crippen molar-refractivity contribution < 1.29 is 4.74 Å². The van der Waals surface area contributed by atoms with Crippen LogP contribution in [-0.4, -0.2) is 39.5 Å². The van der Waals surface area contributed by atoms with Crippen LogP contribution in [0.25, 0.3) is 0 Å². The first-order valence-electron chi connectivity index (χ1n) is 7.94. The highest BCUT2D eigenvalue weighted by Gasteiger charge is 2.18. The number of nitrogens with two attached hydrogens (primary N) is 1. The Morgan fingerprint density at radius 1 is 1.39 bits per heavy atom. The summed E-state index contributed by atoms with van der Waals surface area (Å²) in [6.07, 6.45) is 5.59. The van der Waals surface area contributed by atoms with Crippen LogP contribution in [0.1, 0.15) is 31.5 Å². The zero-order chi connectivity index (χ0) is 16.2. The largest absolute Gasteiger partial charge is 0.394 e. The van der Waals surface area contributed by atoms with Crippen LogP contribution >= 0.6 is 0 Å². The van der Waals surface area contributed by atoms with Gasteiger partial charge in [0.25, 0.3) is 0 Å². The summed E-state index contributed by atoms with van der Waals surface area (Å²) < 4.78 is 7.42. The average Bonchev–Trinajstić information content (AvgIpc) is 2.93. The van der Waals surface area contributed by atoms with Crippen molar-refractivity contribution in [2.45, 2.75) is 32.7 Å². The predicted octanol–water partition coefficient (Wildman–Crippen LogP) is 2.09. The van der Waals surface area contributed by atoms with Gasteiger partial charge in [-0.3, -0.25) is 4.68 Å². The van der Waals surface area contributed by atoms with Gasteiger partial charge in [0.05, 0.1) is 29.3 Å². The molecule has 0 atom stereocenters. The van der Waals surface area contributed by atoms with Crippen molar-refractivity contribution in [2.75, 3.05) is 36.1 Å². The standard InChI is InChI=1S/C15H23N7O/c1-3-17-14-12(16)8-18-15(20-14)19-13-9-22(21-10(13)2)11-4-6-23-7-5-11/h8-9,11H,3-7,16H2,1-2H3,(H2,17,18,19,20). The van der Waals surface area contributed by atoms with Crippen LogP contribution in [-0.2, 0) is 4.74 Å². The number of anilines is 4. The minimum absolute atomic E-state index is 0.391. The lowest BCUT2D eigenvalue weighted by Crippen LogP contribution is -2.19. The number of nitrogens with zero attached hydrogens (tertiary/aromatic N) is 4. The molecule has 8 nitrogen and oxygen atoms in total. The molecule has 8 heteroatoms. The van der Waals surface area contributed by atoms with Crippen molar-refractivity contribution in [1.29, 1.82) is 0 Å². The molecule has 1 aliphatic rings. The van der Waals surface area contributed by atoms with Crippen LogP contribution in [0, 0.1) is 6.92 Å². The molecule has 2 aromatic rings. The number of nitrogens with one attached hydrogen (secondary N) is 2. The first kappa shape index (κ1) is 15.5. The fourth-order valence-corrected chi connectivity index (χ4v) is 2.62. The van der Waals surface area contributed by atoms with Gasteiger partial charge in [-0.2, -0.15) is 10.1 Å². The molecule has 0 aliphatic carbocycles. The first-order valence-corrected chi connectivity index (χ1v) is 7.94. The molecule has 23 heavy (non-hydrogen) atoms. The summed E-state index contributed by atoms with van der Waals surface area (Å²) >= 11 is 0. The summed E-state index contributed by atoms with van der Waals surface area (Å²) in [7, 11) is 0. The van der Waals surface area contributed by atoms with Gasteiger partial charge in [0.15, 0.2) is 5.82 Å². The molecule has 0 amide bonds. The van der Waals surface area contributed by atoms with Crippen molar-refractivity contribution >= 4 is 23.1 Å². The first-order chi connectivity index (χ1) is 11.2. The third kappa shape index (κ3) is 3.53. The molecule has 3 rings (SSSR count). The number of hydrogen-bond acceptors (Lipinski definition) is 7. The summed E-state index contributed by atoms with van der Waals surface area (Å²) in [5.74, 6) is 1.14. The highest BCUT2D eigenvalue weighted by Crippen LogP contribution is 2.25. The number of ether oxygens (including phenoxy) is 1. The van der Waals surface area contributed by atoms with E-state index in [1.165, 1.54) is 0 Å². The van der Waals surface area contributed by atoms with Crippen LogP contribution in [0.3, 0.4) is 0 Å². The van der Waals surface area contributed by atoms with Crippen LogP contribution in [0.4, 0.5) is 23.1 Å². The van der Waals surface area contributed by atoms with Gasteiger partial charge in [-0.1, -0.05) is 0 Å². The second-order valence-corrected chi connectivity index (χ2v) is 5.60. The van der Waals surface area contributed by atoms with Crippen LogP contribution in [0.15, 0.2) is 12.4 Å². The molecule has 1 aliphatic heterocycles. The third-order valence-corrected chi connectivity index (χ3v) is 3.89. The number of rotatable bonds is 5. The van der Waals surface area contributed by atoms with Crippen molar-refractivity contribution in [3.8, 4) is 0 Å². The second kappa shape index (κ2) is 6.82. The molecule has 0 bridgehead atoms. The van der Waals surface area contributed by atoms with E-state index in [2.05, 4.69) is 25.7 Å². The molecule has 0 spiro atoms. The molecule has 0 radical (unpaired) electrons. The normalized spacial score (nSPS) is 15.6. The van der Waals surface area contributed by atoms with Crippen LogP contribution in [0.2, 0.25) is 0 Å². The Morgan fingerprint density at radius 2 is 2.17 bits per heavy atom. The molecular formula is C15H23N7O. The quantitative estimate of drug-likeness (QED) is 0.776. The SMILES string of the molecule is CCNc1nc(Nc2cn(C3CCOCC3)nc2C)ncc1N.